The van der Waals surface area contributed by atoms with Gasteiger partial charge in [-0.3, -0.25) is 5.73 Å². The Morgan fingerprint density at radius 3 is 3.00 bits per heavy atom. The summed E-state index contributed by atoms with van der Waals surface area (Å²) in [5.41, 5.74) is 5.08. The van der Waals surface area contributed by atoms with E-state index in [1.165, 1.54) is 7.05 Å². The van der Waals surface area contributed by atoms with Crippen LogP contribution in [-0.4, -0.2) is 30.8 Å². The van der Waals surface area contributed by atoms with E-state index in [1.54, 1.807) is 12.2 Å². The minimum Gasteiger partial charge on any atom is -0.452 e. The lowest BCUT2D eigenvalue weighted by molar-refractivity contribution is -0.0553. The number of aliphatic hydroxyl groups excluding tert-OH is 1. The maximum absolute atomic E-state index is 11.0. The minimum atomic E-state index is -1.33. The summed E-state index contributed by atoms with van der Waals surface area (Å²) in [7, 11) is 1.51. The number of ether oxygens (including phenoxy) is 2. The maximum Gasteiger partial charge on any atom is 0.407 e. The molecule has 2 rings (SSSR count). The number of nitrogens with two attached hydrogens (primary N) is 1. The van der Waals surface area contributed by atoms with E-state index in [-0.39, 0.29) is 17.9 Å². The van der Waals surface area contributed by atoms with Crippen molar-refractivity contribution in [3.8, 4) is 0 Å². The van der Waals surface area contributed by atoms with E-state index in [1.807, 2.05) is 6.08 Å². The van der Waals surface area contributed by atoms with Crippen molar-refractivity contribution < 1.29 is 19.4 Å². The SMILES string of the molecule is CNC(=O)OC1C2C=CC(OC(N)O)=CC21. The maximum atomic E-state index is 11.0. The quantitative estimate of drug-likeness (QED) is 0.572. The van der Waals surface area contributed by atoms with Gasteiger partial charge in [0.1, 0.15) is 11.9 Å². The molecule has 0 saturated heterocycles. The molecular formula is C10H14N2O4. The molecule has 0 aromatic carbocycles. The molecule has 4 unspecified atom stereocenters. The lowest BCUT2D eigenvalue weighted by atomic mass is 10.2. The number of alkyl carbamates (subject to hydrolysis) is 1. The molecule has 1 saturated carbocycles. The molecule has 2 aliphatic rings. The summed E-state index contributed by atoms with van der Waals surface area (Å²) in [6.07, 6.45) is 3.48. The Balaban J connectivity index is 1.91. The first-order chi connectivity index (χ1) is 7.61. The van der Waals surface area contributed by atoms with Gasteiger partial charge < -0.3 is 19.9 Å². The molecule has 2 aliphatic carbocycles. The smallest absolute Gasteiger partial charge is 0.407 e. The van der Waals surface area contributed by atoms with Crippen LogP contribution in [0.1, 0.15) is 0 Å². The van der Waals surface area contributed by atoms with Crippen LogP contribution in [0.5, 0.6) is 0 Å². The van der Waals surface area contributed by atoms with Crippen LogP contribution in [-0.2, 0) is 9.47 Å². The molecule has 1 amide bonds. The molecule has 0 bridgehead atoms. The zero-order chi connectivity index (χ0) is 11.7. The Morgan fingerprint density at radius 1 is 1.62 bits per heavy atom. The summed E-state index contributed by atoms with van der Waals surface area (Å²) in [6, 6.07) is 0. The van der Waals surface area contributed by atoms with Crippen molar-refractivity contribution in [2.45, 2.75) is 12.5 Å². The molecule has 1 fully saturated rings. The van der Waals surface area contributed by atoms with Crippen molar-refractivity contribution in [1.82, 2.24) is 5.32 Å². The molecule has 16 heavy (non-hydrogen) atoms. The van der Waals surface area contributed by atoms with Crippen LogP contribution in [0.2, 0.25) is 0 Å². The first-order valence-corrected chi connectivity index (χ1v) is 5.00. The highest BCUT2D eigenvalue weighted by molar-refractivity contribution is 5.67. The molecule has 0 aromatic heterocycles. The molecule has 4 N–H and O–H groups in total. The Bertz CT molecular complexity index is 351. The van der Waals surface area contributed by atoms with Crippen LogP contribution in [0.3, 0.4) is 0 Å². The predicted molar refractivity (Wildman–Crippen MR) is 54.8 cm³/mol. The van der Waals surface area contributed by atoms with Crippen molar-refractivity contribution >= 4 is 6.09 Å². The summed E-state index contributed by atoms with van der Waals surface area (Å²) >= 11 is 0. The van der Waals surface area contributed by atoms with Crippen LogP contribution in [0, 0.1) is 11.8 Å². The summed E-state index contributed by atoms with van der Waals surface area (Å²) in [4.78, 5) is 11.0. The fourth-order valence-electron chi connectivity index (χ4n) is 1.78. The van der Waals surface area contributed by atoms with Gasteiger partial charge >= 0.3 is 6.09 Å². The second-order valence-corrected chi connectivity index (χ2v) is 3.71. The van der Waals surface area contributed by atoms with E-state index in [4.69, 9.17) is 20.3 Å². The van der Waals surface area contributed by atoms with Crippen LogP contribution < -0.4 is 11.1 Å². The first-order valence-electron chi connectivity index (χ1n) is 5.00. The summed E-state index contributed by atoms with van der Waals surface area (Å²) in [5.74, 6) is 0.829. The Labute approximate surface area is 92.7 Å². The normalized spacial score (nSPS) is 32.2. The second-order valence-electron chi connectivity index (χ2n) is 3.71. The van der Waals surface area contributed by atoms with Crippen LogP contribution in [0.4, 0.5) is 4.79 Å². The van der Waals surface area contributed by atoms with Gasteiger partial charge in [0.25, 0.3) is 6.41 Å². The molecule has 0 aromatic rings. The van der Waals surface area contributed by atoms with Gasteiger partial charge in [0, 0.05) is 18.9 Å². The number of aliphatic hydroxyl groups is 1. The topological polar surface area (TPSA) is 93.8 Å². The summed E-state index contributed by atoms with van der Waals surface area (Å²) in [5, 5.41) is 11.2. The monoisotopic (exact) mass is 226 g/mol. The van der Waals surface area contributed by atoms with Gasteiger partial charge in [0.2, 0.25) is 0 Å². The van der Waals surface area contributed by atoms with Crippen molar-refractivity contribution in [3.05, 3.63) is 24.0 Å². The number of rotatable bonds is 3. The van der Waals surface area contributed by atoms with E-state index < -0.39 is 12.5 Å². The molecule has 0 radical (unpaired) electrons. The highest BCUT2D eigenvalue weighted by Crippen LogP contribution is 2.47. The highest BCUT2D eigenvalue weighted by Gasteiger charge is 2.52. The summed E-state index contributed by atoms with van der Waals surface area (Å²) < 4.78 is 10.0. The number of hydrogen-bond acceptors (Lipinski definition) is 5. The zero-order valence-corrected chi connectivity index (χ0v) is 8.79. The molecule has 0 heterocycles. The molecule has 4 atom stereocenters. The number of carbonyl (C=O) groups excluding carboxylic acids is 1. The average Bonchev–Trinajstić information content (AvgIpc) is 2.90. The fraction of sp³-hybridized carbons (Fsp3) is 0.500. The van der Waals surface area contributed by atoms with Crippen LogP contribution in [0.25, 0.3) is 0 Å². The number of nitrogens with one attached hydrogen (secondary N) is 1. The van der Waals surface area contributed by atoms with Gasteiger partial charge in [0.15, 0.2) is 0 Å². The molecule has 6 nitrogen and oxygen atoms in total. The zero-order valence-electron chi connectivity index (χ0n) is 8.79. The van der Waals surface area contributed by atoms with Crippen molar-refractivity contribution in [2.24, 2.45) is 17.6 Å². The second kappa shape index (κ2) is 4.15. The van der Waals surface area contributed by atoms with Gasteiger partial charge in [0.05, 0.1) is 0 Å². The van der Waals surface area contributed by atoms with E-state index in [0.717, 1.165) is 0 Å². The van der Waals surface area contributed by atoms with E-state index >= 15 is 0 Å². The fourth-order valence-corrected chi connectivity index (χ4v) is 1.78. The molecular weight excluding hydrogens is 212 g/mol. The van der Waals surface area contributed by atoms with Crippen molar-refractivity contribution in [2.75, 3.05) is 7.05 Å². The van der Waals surface area contributed by atoms with E-state index in [0.29, 0.717) is 5.76 Å². The van der Waals surface area contributed by atoms with Gasteiger partial charge in [-0.2, -0.15) is 0 Å². The van der Waals surface area contributed by atoms with Crippen molar-refractivity contribution in [3.63, 3.8) is 0 Å². The Hall–Kier alpha value is -1.53. The van der Waals surface area contributed by atoms with Crippen molar-refractivity contribution in [1.29, 1.82) is 0 Å². The van der Waals surface area contributed by atoms with Gasteiger partial charge in [-0.05, 0) is 12.2 Å². The predicted octanol–water partition coefficient (Wildman–Crippen LogP) is -0.338. The van der Waals surface area contributed by atoms with Gasteiger partial charge in [-0.25, -0.2) is 4.79 Å². The summed E-state index contributed by atoms with van der Waals surface area (Å²) in [6.45, 7) is 0. The number of carbonyl (C=O) groups is 1. The number of fused-ring (bicyclic) bond motifs is 1. The lowest BCUT2D eigenvalue weighted by Crippen LogP contribution is -2.22. The molecule has 0 spiro atoms. The lowest BCUT2D eigenvalue weighted by Gasteiger charge is -2.10. The number of hydrogen-bond donors (Lipinski definition) is 3. The third kappa shape index (κ3) is 2.17. The minimum absolute atomic E-state index is 0.121. The Kier molecular flexibility index (Phi) is 2.84. The molecule has 0 aliphatic heterocycles. The number of amides is 1. The Morgan fingerprint density at radius 2 is 2.38 bits per heavy atom. The first kappa shape index (κ1) is 11.0. The van der Waals surface area contributed by atoms with E-state index in [9.17, 15) is 4.79 Å². The molecule has 6 heteroatoms. The largest absolute Gasteiger partial charge is 0.452 e. The van der Waals surface area contributed by atoms with Crippen LogP contribution >= 0.6 is 0 Å². The number of allylic oxidation sites excluding steroid dienone is 1. The third-order valence-corrected chi connectivity index (χ3v) is 2.61. The van der Waals surface area contributed by atoms with Gasteiger partial charge in [-0.1, -0.05) is 6.08 Å². The molecule has 88 valence electrons. The van der Waals surface area contributed by atoms with Crippen LogP contribution in [0.15, 0.2) is 24.0 Å². The highest BCUT2D eigenvalue weighted by atomic mass is 16.6. The average molecular weight is 226 g/mol. The standard InChI is InChI=1S/C10H14N2O4/c1-12-10(14)16-8-6-3-2-5(4-7(6)8)15-9(11)13/h2-4,6-9,13H,11H2,1H3,(H,12,14). The van der Waals surface area contributed by atoms with E-state index in [2.05, 4.69) is 5.32 Å². The third-order valence-electron chi connectivity index (χ3n) is 2.61. The van der Waals surface area contributed by atoms with Gasteiger partial charge in [-0.15, -0.1) is 0 Å².